The van der Waals surface area contributed by atoms with Gasteiger partial charge in [-0.3, -0.25) is 14.5 Å². The minimum Gasteiger partial charge on any atom is -0.467 e. The van der Waals surface area contributed by atoms with Gasteiger partial charge in [-0.2, -0.15) is 0 Å². The molecule has 0 spiro atoms. The van der Waals surface area contributed by atoms with E-state index in [2.05, 4.69) is 41.4 Å². The number of carbonyl (C=O) groups excluding carboxylic acids is 2. The number of hydrogen-bond donors (Lipinski definition) is 1. The highest BCUT2D eigenvalue weighted by molar-refractivity contribution is 5.89. The first-order chi connectivity index (χ1) is 13.6. The van der Waals surface area contributed by atoms with Crippen LogP contribution in [0.1, 0.15) is 30.2 Å². The number of rotatable bonds is 6. The van der Waals surface area contributed by atoms with E-state index < -0.39 is 0 Å². The summed E-state index contributed by atoms with van der Waals surface area (Å²) in [6.45, 7) is 5.57. The van der Waals surface area contributed by atoms with Crippen molar-refractivity contribution in [2.45, 2.75) is 38.9 Å². The molecule has 0 bridgehead atoms. The molecule has 2 aliphatic rings. The predicted molar refractivity (Wildman–Crippen MR) is 105 cm³/mol. The Hall–Kier alpha value is -2.60. The third-order valence-electron chi connectivity index (χ3n) is 5.87. The van der Waals surface area contributed by atoms with Crippen LogP contribution in [-0.2, 0) is 29.1 Å². The topological polar surface area (TPSA) is 65.8 Å². The molecule has 28 heavy (non-hydrogen) atoms. The lowest BCUT2D eigenvalue weighted by Crippen LogP contribution is -2.45. The molecule has 2 aliphatic heterocycles. The molecule has 0 radical (unpaired) electrons. The van der Waals surface area contributed by atoms with Crippen molar-refractivity contribution >= 4 is 11.8 Å². The van der Waals surface area contributed by atoms with Crippen molar-refractivity contribution in [2.24, 2.45) is 5.92 Å². The van der Waals surface area contributed by atoms with Crippen LogP contribution < -0.4 is 5.32 Å². The fraction of sp³-hybridized carbons (Fsp3) is 0.455. The average Bonchev–Trinajstić information content (AvgIpc) is 3.36. The maximum absolute atomic E-state index is 12.6. The maximum atomic E-state index is 12.6. The Morgan fingerprint density at radius 2 is 2.07 bits per heavy atom. The summed E-state index contributed by atoms with van der Waals surface area (Å²) in [5.74, 6) is 0.446. The molecule has 1 N–H and O–H groups in total. The van der Waals surface area contributed by atoms with Gasteiger partial charge in [0.05, 0.1) is 18.7 Å². The van der Waals surface area contributed by atoms with E-state index in [0.717, 1.165) is 25.3 Å². The second-order valence-corrected chi connectivity index (χ2v) is 7.84. The molecular formula is C22H27N3O3. The van der Waals surface area contributed by atoms with Crippen LogP contribution in [0, 0.1) is 5.92 Å². The zero-order valence-electron chi connectivity index (χ0n) is 16.3. The van der Waals surface area contributed by atoms with E-state index >= 15 is 0 Å². The normalized spacial score (nSPS) is 20.8. The Morgan fingerprint density at radius 1 is 1.25 bits per heavy atom. The second-order valence-electron chi connectivity index (χ2n) is 7.84. The number of nitrogens with one attached hydrogen (secondary N) is 1. The van der Waals surface area contributed by atoms with Gasteiger partial charge in [0.25, 0.3) is 0 Å². The number of fused-ring (bicyclic) bond motifs is 1. The fourth-order valence-electron chi connectivity index (χ4n) is 4.11. The van der Waals surface area contributed by atoms with E-state index in [9.17, 15) is 9.59 Å². The Labute approximate surface area is 165 Å². The summed E-state index contributed by atoms with van der Waals surface area (Å²) in [6, 6.07) is 12.5. The summed E-state index contributed by atoms with van der Waals surface area (Å²) in [5, 5.41) is 3.06. The summed E-state index contributed by atoms with van der Waals surface area (Å²) >= 11 is 0. The molecule has 2 unspecified atom stereocenters. The Bertz CT molecular complexity index is 833. The highest BCUT2D eigenvalue weighted by atomic mass is 16.3. The van der Waals surface area contributed by atoms with Crippen LogP contribution in [0.15, 0.2) is 47.1 Å². The Morgan fingerprint density at radius 3 is 2.86 bits per heavy atom. The van der Waals surface area contributed by atoms with E-state index in [-0.39, 0.29) is 30.2 Å². The minimum atomic E-state index is -0.281. The van der Waals surface area contributed by atoms with Crippen LogP contribution in [0.3, 0.4) is 0 Å². The Balaban J connectivity index is 1.26. The lowest BCUT2D eigenvalue weighted by Gasteiger charge is -2.34. The van der Waals surface area contributed by atoms with Gasteiger partial charge in [-0.05, 0) is 36.6 Å². The number of carbonyl (C=O) groups is 2. The maximum Gasteiger partial charge on any atom is 0.225 e. The highest BCUT2D eigenvalue weighted by Gasteiger charge is 2.34. The van der Waals surface area contributed by atoms with Crippen molar-refractivity contribution in [3.8, 4) is 0 Å². The molecule has 2 atom stereocenters. The molecule has 1 aromatic heterocycles. The van der Waals surface area contributed by atoms with Crippen LogP contribution in [0.5, 0.6) is 0 Å². The van der Waals surface area contributed by atoms with E-state index in [1.807, 2.05) is 6.07 Å². The first-order valence-electron chi connectivity index (χ1n) is 9.99. The van der Waals surface area contributed by atoms with Gasteiger partial charge >= 0.3 is 0 Å². The molecular weight excluding hydrogens is 354 g/mol. The van der Waals surface area contributed by atoms with Crippen molar-refractivity contribution in [2.75, 3.05) is 19.6 Å². The van der Waals surface area contributed by atoms with Gasteiger partial charge in [0.1, 0.15) is 5.76 Å². The minimum absolute atomic E-state index is 0.0113. The molecule has 3 heterocycles. The quantitative estimate of drug-likeness (QED) is 0.833. The SMILES string of the molecule is CC(CNC(=O)C1CC(=O)N(Cc2ccco2)C1)N1CCc2ccccc2C1. The molecule has 148 valence electrons. The molecule has 1 aromatic carbocycles. The molecule has 1 saturated heterocycles. The van der Waals surface area contributed by atoms with Crippen LogP contribution in [-0.4, -0.2) is 47.3 Å². The summed E-state index contributed by atoms with van der Waals surface area (Å²) in [7, 11) is 0. The second kappa shape index (κ2) is 8.19. The van der Waals surface area contributed by atoms with Crippen molar-refractivity contribution in [1.82, 2.24) is 15.1 Å². The fourth-order valence-corrected chi connectivity index (χ4v) is 4.11. The largest absolute Gasteiger partial charge is 0.467 e. The van der Waals surface area contributed by atoms with Crippen LogP contribution >= 0.6 is 0 Å². The van der Waals surface area contributed by atoms with Gasteiger partial charge < -0.3 is 14.6 Å². The van der Waals surface area contributed by atoms with Gasteiger partial charge in [-0.1, -0.05) is 24.3 Å². The molecule has 2 amide bonds. The van der Waals surface area contributed by atoms with Crippen LogP contribution in [0.4, 0.5) is 0 Å². The highest BCUT2D eigenvalue weighted by Crippen LogP contribution is 2.22. The van der Waals surface area contributed by atoms with Gasteiger partial charge in [-0.15, -0.1) is 0 Å². The molecule has 6 nitrogen and oxygen atoms in total. The molecule has 4 rings (SSSR count). The average molecular weight is 381 g/mol. The molecule has 0 aliphatic carbocycles. The van der Waals surface area contributed by atoms with E-state index in [1.165, 1.54) is 11.1 Å². The zero-order chi connectivity index (χ0) is 19.5. The smallest absolute Gasteiger partial charge is 0.225 e. The summed E-state index contributed by atoms with van der Waals surface area (Å²) < 4.78 is 5.31. The monoisotopic (exact) mass is 381 g/mol. The first-order valence-corrected chi connectivity index (χ1v) is 9.99. The predicted octanol–water partition coefficient (Wildman–Crippen LogP) is 2.19. The van der Waals surface area contributed by atoms with E-state index in [4.69, 9.17) is 4.42 Å². The lowest BCUT2D eigenvalue weighted by molar-refractivity contribution is -0.129. The number of amides is 2. The van der Waals surface area contributed by atoms with Crippen molar-refractivity contribution in [3.05, 3.63) is 59.5 Å². The number of furan rings is 1. The lowest BCUT2D eigenvalue weighted by atomic mass is 9.99. The van der Waals surface area contributed by atoms with Gasteiger partial charge in [0.15, 0.2) is 0 Å². The zero-order valence-corrected chi connectivity index (χ0v) is 16.3. The molecule has 6 heteroatoms. The van der Waals surface area contributed by atoms with Crippen molar-refractivity contribution in [1.29, 1.82) is 0 Å². The Kier molecular flexibility index (Phi) is 5.48. The molecule has 2 aromatic rings. The summed E-state index contributed by atoms with van der Waals surface area (Å²) in [6.07, 6.45) is 2.92. The van der Waals surface area contributed by atoms with Gasteiger partial charge in [-0.25, -0.2) is 0 Å². The number of likely N-dealkylation sites (tertiary alicyclic amines) is 1. The number of benzene rings is 1. The standard InChI is InChI=1S/C22H27N3O3/c1-16(24-9-8-17-5-2-3-6-18(17)13-24)12-23-22(27)19-11-21(26)25(14-19)15-20-7-4-10-28-20/h2-7,10,16,19H,8-9,11-15H2,1H3,(H,23,27). The van der Waals surface area contributed by atoms with Crippen molar-refractivity contribution in [3.63, 3.8) is 0 Å². The van der Waals surface area contributed by atoms with Crippen LogP contribution in [0.2, 0.25) is 0 Å². The summed E-state index contributed by atoms with van der Waals surface area (Å²) in [4.78, 5) is 28.9. The third kappa shape index (κ3) is 4.12. The van der Waals surface area contributed by atoms with E-state index in [0.29, 0.717) is 19.6 Å². The molecule has 1 fully saturated rings. The number of nitrogens with zero attached hydrogens (tertiary/aromatic N) is 2. The van der Waals surface area contributed by atoms with E-state index in [1.54, 1.807) is 17.2 Å². The first kappa shape index (κ1) is 18.7. The van der Waals surface area contributed by atoms with Gasteiger partial charge in [0, 0.05) is 38.6 Å². The van der Waals surface area contributed by atoms with Crippen molar-refractivity contribution < 1.29 is 14.0 Å². The van der Waals surface area contributed by atoms with Gasteiger partial charge in [0.2, 0.25) is 11.8 Å². The third-order valence-corrected chi connectivity index (χ3v) is 5.87. The summed E-state index contributed by atoms with van der Waals surface area (Å²) in [5.41, 5.74) is 2.80. The molecule has 0 saturated carbocycles. The van der Waals surface area contributed by atoms with Crippen LogP contribution in [0.25, 0.3) is 0 Å². The number of hydrogen-bond acceptors (Lipinski definition) is 4.